The maximum absolute atomic E-state index is 10.9. The van der Waals surface area contributed by atoms with Crippen molar-refractivity contribution in [2.45, 2.75) is 74.5 Å². The predicted molar refractivity (Wildman–Crippen MR) is 106 cm³/mol. The van der Waals surface area contributed by atoms with E-state index in [9.17, 15) is 9.90 Å². The molecule has 3 rings (SSSR count). The van der Waals surface area contributed by atoms with Crippen molar-refractivity contribution in [1.82, 2.24) is 0 Å². The smallest absolute Gasteiger partial charge is 0.0715 e. The van der Waals surface area contributed by atoms with E-state index in [1.54, 1.807) is 23.9 Å². The molecular weight excluding hydrogens is 340 g/mol. The molecule has 0 amide bonds. The molecular formula is C23H27O2S-. The summed E-state index contributed by atoms with van der Waals surface area (Å²) in [4.78, 5) is 13.3. The maximum Gasteiger partial charge on any atom is 0.0715 e. The molecule has 1 aliphatic carbocycles. The Kier molecular flexibility index (Phi) is 4.96. The van der Waals surface area contributed by atoms with Crippen molar-refractivity contribution in [3.8, 4) is 0 Å². The first-order valence-corrected chi connectivity index (χ1v) is 10.1. The van der Waals surface area contributed by atoms with Gasteiger partial charge in [0, 0.05) is 9.79 Å². The number of fused-ring (bicyclic) bond motifs is 1. The SMILES string of the molecule is CCc1cc2c(cc1Sc1ccc(C(=O)[O-])cc1)C(C)(C)CCC2(C)C. The van der Waals surface area contributed by atoms with Crippen molar-refractivity contribution in [2.24, 2.45) is 0 Å². The number of carboxylic acid groups (broad SMARTS) is 1. The van der Waals surface area contributed by atoms with Crippen molar-refractivity contribution in [2.75, 3.05) is 0 Å². The number of aryl methyl sites for hydroxylation is 1. The van der Waals surface area contributed by atoms with E-state index in [0.717, 1.165) is 11.3 Å². The van der Waals surface area contributed by atoms with E-state index in [-0.39, 0.29) is 16.4 Å². The van der Waals surface area contributed by atoms with Crippen LogP contribution in [0.25, 0.3) is 0 Å². The van der Waals surface area contributed by atoms with Crippen LogP contribution < -0.4 is 5.11 Å². The van der Waals surface area contributed by atoms with Crippen LogP contribution in [-0.2, 0) is 17.3 Å². The molecule has 2 nitrogen and oxygen atoms in total. The van der Waals surface area contributed by atoms with Crippen LogP contribution in [0.3, 0.4) is 0 Å². The summed E-state index contributed by atoms with van der Waals surface area (Å²) in [5, 5.41) is 10.9. The van der Waals surface area contributed by atoms with E-state index in [4.69, 9.17) is 0 Å². The molecule has 26 heavy (non-hydrogen) atoms. The number of carbonyl (C=O) groups excluding carboxylic acids is 1. The Morgan fingerprint density at radius 3 is 2.04 bits per heavy atom. The maximum atomic E-state index is 10.9. The van der Waals surface area contributed by atoms with Crippen LogP contribution in [-0.4, -0.2) is 5.97 Å². The standard InChI is InChI=1S/C23H28O2S/c1-6-15-13-18-19(23(4,5)12-11-22(18,2)3)14-20(15)26-17-9-7-16(8-10-17)21(24)25/h7-10,13-14H,6,11-12H2,1-5H3,(H,24,25)/p-1. The molecule has 0 fully saturated rings. The molecule has 0 unspecified atom stereocenters. The zero-order valence-electron chi connectivity index (χ0n) is 16.3. The highest BCUT2D eigenvalue weighted by Crippen LogP contribution is 2.48. The number of aromatic carboxylic acids is 1. The van der Waals surface area contributed by atoms with Crippen molar-refractivity contribution < 1.29 is 9.90 Å². The largest absolute Gasteiger partial charge is 0.545 e. The van der Waals surface area contributed by atoms with E-state index in [1.807, 2.05) is 12.1 Å². The molecule has 0 bridgehead atoms. The Balaban J connectivity index is 2.03. The minimum absolute atomic E-state index is 0.186. The Bertz CT molecular complexity index is 832. The van der Waals surface area contributed by atoms with Crippen LogP contribution in [0.15, 0.2) is 46.2 Å². The van der Waals surface area contributed by atoms with Gasteiger partial charge in [-0.05, 0) is 70.5 Å². The summed E-state index contributed by atoms with van der Waals surface area (Å²) in [5.74, 6) is -1.13. The third-order valence-electron chi connectivity index (χ3n) is 5.73. The number of hydrogen-bond donors (Lipinski definition) is 0. The normalized spacial score (nSPS) is 17.6. The van der Waals surface area contributed by atoms with Gasteiger partial charge >= 0.3 is 0 Å². The lowest BCUT2D eigenvalue weighted by molar-refractivity contribution is -0.255. The fraction of sp³-hybridized carbons (Fsp3) is 0.435. The van der Waals surface area contributed by atoms with Crippen molar-refractivity contribution in [3.63, 3.8) is 0 Å². The molecule has 3 heteroatoms. The average molecular weight is 368 g/mol. The molecule has 0 saturated heterocycles. The van der Waals surface area contributed by atoms with E-state index in [0.29, 0.717) is 0 Å². The summed E-state index contributed by atoms with van der Waals surface area (Å²) in [6.45, 7) is 11.6. The monoisotopic (exact) mass is 367 g/mol. The Hall–Kier alpha value is -1.74. The Morgan fingerprint density at radius 1 is 1.00 bits per heavy atom. The molecule has 0 radical (unpaired) electrons. The summed E-state index contributed by atoms with van der Waals surface area (Å²) in [5.41, 5.74) is 4.93. The number of rotatable bonds is 4. The molecule has 138 valence electrons. The number of benzene rings is 2. The first-order chi connectivity index (χ1) is 12.1. The first kappa shape index (κ1) is 19.0. The molecule has 0 atom stereocenters. The van der Waals surface area contributed by atoms with Gasteiger partial charge in [0.25, 0.3) is 0 Å². The van der Waals surface area contributed by atoms with Crippen molar-refractivity contribution in [3.05, 3.63) is 58.7 Å². The van der Waals surface area contributed by atoms with Crippen LogP contribution >= 0.6 is 11.8 Å². The van der Waals surface area contributed by atoms with Gasteiger partial charge in [-0.25, -0.2) is 0 Å². The molecule has 2 aromatic rings. The number of carboxylic acids is 1. The molecule has 0 N–H and O–H groups in total. The van der Waals surface area contributed by atoms with Crippen LogP contribution in [0, 0.1) is 0 Å². The second-order valence-electron chi connectivity index (χ2n) is 8.54. The highest BCUT2D eigenvalue weighted by molar-refractivity contribution is 7.99. The predicted octanol–water partition coefficient (Wildman–Crippen LogP) is 5.11. The quantitative estimate of drug-likeness (QED) is 0.753. The topological polar surface area (TPSA) is 40.1 Å². The third-order valence-corrected chi connectivity index (χ3v) is 6.84. The Labute approximate surface area is 161 Å². The van der Waals surface area contributed by atoms with Crippen molar-refractivity contribution in [1.29, 1.82) is 0 Å². The molecule has 0 spiro atoms. The zero-order chi connectivity index (χ0) is 19.1. The lowest BCUT2D eigenvalue weighted by atomic mass is 9.63. The fourth-order valence-electron chi connectivity index (χ4n) is 3.80. The van der Waals surface area contributed by atoms with Gasteiger partial charge in [0.15, 0.2) is 0 Å². The summed E-state index contributed by atoms with van der Waals surface area (Å²) < 4.78 is 0. The van der Waals surface area contributed by atoms with E-state index in [2.05, 4.69) is 46.8 Å². The van der Waals surface area contributed by atoms with Crippen molar-refractivity contribution >= 4 is 17.7 Å². The van der Waals surface area contributed by atoms with Gasteiger partial charge in [-0.2, -0.15) is 0 Å². The zero-order valence-corrected chi connectivity index (χ0v) is 17.1. The molecule has 0 saturated carbocycles. The first-order valence-electron chi connectivity index (χ1n) is 9.31. The molecule has 0 aliphatic heterocycles. The summed E-state index contributed by atoms with van der Waals surface area (Å²) in [7, 11) is 0. The third kappa shape index (κ3) is 3.55. The van der Waals surface area contributed by atoms with Crippen LogP contribution in [0.5, 0.6) is 0 Å². The van der Waals surface area contributed by atoms with Gasteiger partial charge < -0.3 is 9.90 Å². The lowest BCUT2D eigenvalue weighted by Gasteiger charge is -2.42. The van der Waals surface area contributed by atoms with Crippen LogP contribution in [0.4, 0.5) is 0 Å². The average Bonchev–Trinajstić information content (AvgIpc) is 2.59. The summed E-state index contributed by atoms with van der Waals surface area (Å²) in [6, 6.07) is 11.8. The molecule has 0 aromatic heterocycles. The Morgan fingerprint density at radius 2 is 1.54 bits per heavy atom. The van der Waals surface area contributed by atoms with Crippen LogP contribution in [0.1, 0.15) is 74.5 Å². The summed E-state index contributed by atoms with van der Waals surface area (Å²) >= 11 is 1.72. The van der Waals surface area contributed by atoms with Gasteiger partial charge in [-0.1, -0.05) is 64.6 Å². The highest BCUT2D eigenvalue weighted by Gasteiger charge is 2.37. The van der Waals surface area contributed by atoms with Gasteiger partial charge in [-0.3, -0.25) is 0 Å². The number of hydrogen-bond acceptors (Lipinski definition) is 3. The van der Waals surface area contributed by atoms with Gasteiger partial charge in [0.2, 0.25) is 0 Å². The second-order valence-corrected chi connectivity index (χ2v) is 9.66. The minimum atomic E-state index is -1.13. The summed E-state index contributed by atoms with van der Waals surface area (Å²) in [6.07, 6.45) is 3.40. The number of carbonyl (C=O) groups is 1. The minimum Gasteiger partial charge on any atom is -0.545 e. The highest BCUT2D eigenvalue weighted by atomic mass is 32.2. The molecule has 1 aliphatic rings. The van der Waals surface area contributed by atoms with E-state index >= 15 is 0 Å². The molecule has 2 aromatic carbocycles. The van der Waals surface area contributed by atoms with E-state index < -0.39 is 5.97 Å². The fourth-order valence-corrected chi connectivity index (χ4v) is 4.83. The lowest BCUT2D eigenvalue weighted by Crippen LogP contribution is -2.34. The molecule has 0 heterocycles. The van der Waals surface area contributed by atoms with Crippen LogP contribution in [0.2, 0.25) is 0 Å². The van der Waals surface area contributed by atoms with Gasteiger partial charge in [0.1, 0.15) is 0 Å². The second kappa shape index (κ2) is 6.77. The van der Waals surface area contributed by atoms with E-state index in [1.165, 1.54) is 34.4 Å². The van der Waals surface area contributed by atoms with Gasteiger partial charge in [0.05, 0.1) is 5.97 Å². The van der Waals surface area contributed by atoms with Gasteiger partial charge in [-0.15, -0.1) is 0 Å².